The molecule has 1 aliphatic carbocycles. The Morgan fingerprint density at radius 2 is 2.07 bits per heavy atom. The molecule has 1 saturated heterocycles. The number of carbonyl (C=O) groups excluding carboxylic acids is 2. The second-order valence-electron chi connectivity index (χ2n) is 6.77. The average molecular weight is 428 g/mol. The van der Waals surface area contributed by atoms with Gasteiger partial charge in [0, 0.05) is 17.9 Å². The summed E-state index contributed by atoms with van der Waals surface area (Å²) in [6.07, 6.45) is 4.54. The molecule has 2 aliphatic rings. The van der Waals surface area contributed by atoms with Crippen molar-refractivity contribution in [3.8, 4) is 0 Å². The van der Waals surface area contributed by atoms with Gasteiger partial charge in [0.15, 0.2) is 5.78 Å². The van der Waals surface area contributed by atoms with Gasteiger partial charge in [-0.2, -0.15) is 0 Å². The van der Waals surface area contributed by atoms with E-state index >= 15 is 0 Å². The molecule has 8 heteroatoms. The molecule has 0 aromatic rings. The molecular formula is C20H29NO5S2. The molecule has 2 unspecified atom stereocenters. The van der Waals surface area contributed by atoms with E-state index in [9.17, 15) is 14.7 Å². The van der Waals surface area contributed by atoms with Gasteiger partial charge in [0.2, 0.25) is 0 Å². The number of carbonyl (C=O) groups is 2. The van der Waals surface area contributed by atoms with Gasteiger partial charge in [-0.3, -0.25) is 9.59 Å². The van der Waals surface area contributed by atoms with Crippen LogP contribution in [0.4, 0.5) is 0 Å². The fraction of sp³-hybridized carbons (Fsp3) is 0.650. The first-order chi connectivity index (χ1) is 13.5. The van der Waals surface area contributed by atoms with E-state index in [4.69, 9.17) is 9.57 Å². The van der Waals surface area contributed by atoms with Crippen molar-refractivity contribution in [2.75, 3.05) is 25.2 Å². The smallest absolute Gasteiger partial charge is 0.316 e. The second-order valence-corrected chi connectivity index (χ2v) is 9.69. The molecule has 2 atom stereocenters. The molecule has 156 valence electrons. The Morgan fingerprint density at radius 3 is 2.68 bits per heavy atom. The third kappa shape index (κ3) is 5.80. The van der Waals surface area contributed by atoms with Gasteiger partial charge in [-0.05, 0) is 25.2 Å². The van der Waals surface area contributed by atoms with E-state index in [1.165, 1.54) is 7.11 Å². The van der Waals surface area contributed by atoms with E-state index in [1.807, 2.05) is 30.4 Å². The number of esters is 1. The van der Waals surface area contributed by atoms with E-state index in [1.54, 1.807) is 6.08 Å². The van der Waals surface area contributed by atoms with Crippen LogP contribution >= 0.6 is 23.5 Å². The lowest BCUT2D eigenvalue weighted by atomic mass is 9.75. The minimum absolute atomic E-state index is 0.113. The number of methoxy groups -OCH3 is 1. The average Bonchev–Trinajstić information content (AvgIpc) is 3.19. The number of rotatable bonds is 10. The molecule has 0 bridgehead atoms. The van der Waals surface area contributed by atoms with Crippen molar-refractivity contribution in [1.29, 1.82) is 0 Å². The molecule has 0 aromatic heterocycles. The van der Waals surface area contributed by atoms with Gasteiger partial charge in [-0.15, -0.1) is 23.5 Å². The number of Topliss-reactive ketones (excluding diaryl/α,β-unsaturated/α-hetero) is 1. The van der Waals surface area contributed by atoms with E-state index in [2.05, 4.69) is 11.7 Å². The Morgan fingerprint density at radius 1 is 1.36 bits per heavy atom. The topological polar surface area (TPSA) is 85.2 Å². The Labute approximate surface area is 175 Å². The monoisotopic (exact) mass is 427 g/mol. The van der Waals surface area contributed by atoms with Gasteiger partial charge in [0.25, 0.3) is 0 Å². The van der Waals surface area contributed by atoms with Crippen LogP contribution in [0.2, 0.25) is 0 Å². The predicted molar refractivity (Wildman–Crippen MR) is 115 cm³/mol. The van der Waals surface area contributed by atoms with Gasteiger partial charge >= 0.3 is 5.97 Å². The van der Waals surface area contributed by atoms with Crippen LogP contribution in [0.25, 0.3) is 0 Å². The molecule has 1 fully saturated rings. The van der Waals surface area contributed by atoms with Crippen LogP contribution in [0, 0.1) is 11.8 Å². The summed E-state index contributed by atoms with van der Waals surface area (Å²) in [4.78, 5) is 30.5. The fourth-order valence-corrected chi connectivity index (χ4v) is 6.40. The van der Waals surface area contributed by atoms with E-state index < -0.39 is 11.9 Å². The number of hydrogen-bond acceptors (Lipinski definition) is 8. The summed E-state index contributed by atoms with van der Waals surface area (Å²) in [5.74, 6) is 0.241. The van der Waals surface area contributed by atoms with Gasteiger partial charge in [0.1, 0.15) is 18.3 Å². The van der Waals surface area contributed by atoms with Crippen molar-refractivity contribution in [2.45, 2.75) is 43.6 Å². The SMILES string of the molecule is C=CCO/N=C(/CCC)C1=C(O)C(C(=O)OC)C(CCC2SCCS2)CC1=O. The highest BCUT2D eigenvalue weighted by molar-refractivity contribution is 8.20. The van der Waals surface area contributed by atoms with Crippen LogP contribution in [-0.4, -0.2) is 52.4 Å². The van der Waals surface area contributed by atoms with Crippen LogP contribution < -0.4 is 0 Å². The fourth-order valence-electron chi connectivity index (χ4n) is 3.53. The summed E-state index contributed by atoms with van der Waals surface area (Å²) in [6, 6.07) is 0. The van der Waals surface area contributed by atoms with Crippen LogP contribution in [0.1, 0.15) is 39.0 Å². The Hall–Kier alpha value is -1.41. The first kappa shape index (κ1) is 22.9. The highest BCUT2D eigenvalue weighted by atomic mass is 32.2. The minimum atomic E-state index is -0.837. The van der Waals surface area contributed by atoms with Crippen molar-refractivity contribution in [3.63, 3.8) is 0 Å². The van der Waals surface area contributed by atoms with Crippen LogP contribution in [-0.2, 0) is 19.2 Å². The molecule has 6 nitrogen and oxygen atoms in total. The summed E-state index contributed by atoms with van der Waals surface area (Å²) in [5, 5.41) is 14.9. The molecule has 1 aliphatic heterocycles. The molecular weight excluding hydrogens is 398 g/mol. The van der Waals surface area contributed by atoms with Crippen LogP contribution in [0.5, 0.6) is 0 Å². The molecule has 0 aromatic carbocycles. The lowest BCUT2D eigenvalue weighted by Gasteiger charge is -2.31. The van der Waals surface area contributed by atoms with E-state index in [-0.39, 0.29) is 36.1 Å². The van der Waals surface area contributed by atoms with Crippen LogP contribution in [0.3, 0.4) is 0 Å². The number of hydrogen-bond donors (Lipinski definition) is 1. The summed E-state index contributed by atoms with van der Waals surface area (Å²) in [6.45, 7) is 5.72. The zero-order chi connectivity index (χ0) is 20.5. The first-order valence-corrected chi connectivity index (χ1v) is 11.7. The number of nitrogens with zero attached hydrogens (tertiary/aromatic N) is 1. The molecule has 0 saturated carbocycles. The zero-order valence-corrected chi connectivity index (χ0v) is 18.2. The third-order valence-electron chi connectivity index (χ3n) is 4.81. The number of allylic oxidation sites excluding steroid dienone is 1. The van der Waals surface area contributed by atoms with E-state index in [0.717, 1.165) is 24.3 Å². The first-order valence-electron chi connectivity index (χ1n) is 9.60. The Balaban J connectivity index is 2.29. The maximum Gasteiger partial charge on any atom is 0.316 e. The largest absolute Gasteiger partial charge is 0.511 e. The summed E-state index contributed by atoms with van der Waals surface area (Å²) < 4.78 is 5.44. The van der Waals surface area contributed by atoms with Crippen molar-refractivity contribution < 1.29 is 24.3 Å². The highest BCUT2D eigenvalue weighted by Crippen LogP contribution is 2.41. The quantitative estimate of drug-likeness (QED) is 0.184. The Kier molecular flexibility index (Phi) is 9.44. The van der Waals surface area contributed by atoms with Crippen LogP contribution in [0.15, 0.2) is 29.1 Å². The lowest BCUT2D eigenvalue weighted by Crippen LogP contribution is -2.37. The summed E-state index contributed by atoms with van der Waals surface area (Å²) in [5.41, 5.74) is 0.489. The third-order valence-corrected chi connectivity index (χ3v) is 7.98. The van der Waals surface area contributed by atoms with Crippen molar-refractivity contribution >= 4 is 41.0 Å². The number of aliphatic hydroxyl groups is 1. The molecule has 0 spiro atoms. The lowest BCUT2D eigenvalue weighted by molar-refractivity contribution is -0.147. The molecule has 0 radical (unpaired) electrons. The van der Waals surface area contributed by atoms with Gasteiger partial charge < -0.3 is 14.7 Å². The van der Waals surface area contributed by atoms with Gasteiger partial charge in [0.05, 0.1) is 23.0 Å². The minimum Gasteiger partial charge on any atom is -0.511 e. The molecule has 1 heterocycles. The number of thioether (sulfide) groups is 2. The van der Waals surface area contributed by atoms with Gasteiger partial charge in [-0.1, -0.05) is 31.2 Å². The van der Waals surface area contributed by atoms with E-state index in [0.29, 0.717) is 23.1 Å². The number of aliphatic hydroxyl groups excluding tert-OH is 1. The Bertz CT molecular complexity index is 641. The normalized spacial score (nSPS) is 23.8. The standard InChI is InChI=1S/C20H29NO5S2/c1-4-6-14(21-26-9-5-2)18-15(22)12-13(7-8-16-27-10-11-28-16)17(19(18)23)20(24)25-3/h5,13,16-17,23H,2,4,6-12H2,1,3H3/b21-14-. The zero-order valence-electron chi connectivity index (χ0n) is 16.5. The predicted octanol–water partition coefficient (Wildman–Crippen LogP) is 4.12. The molecule has 0 amide bonds. The maximum atomic E-state index is 12.9. The second kappa shape index (κ2) is 11.6. The highest BCUT2D eigenvalue weighted by Gasteiger charge is 2.43. The van der Waals surface area contributed by atoms with Crippen molar-refractivity contribution in [3.05, 3.63) is 24.0 Å². The maximum absolute atomic E-state index is 12.9. The number of ether oxygens (including phenoxy) is 1. The molecule has 28 heavy (non-hydrogen) atoms. The summed E-state index contributed by atoms with van der Waals surface area (Å²) >= 11 is 3.83. The number of oxime groups is 1. The van der Waals surface area contributed by atoms with Crippen molar-refractivity contribution in [2.24, 2.45) is 17.0 Å². The number of ketones is 1. The molecule has 2 rings (SSSR count). The summed E-state index contributed by atoms with van der Waals surface area (Å²) in [7, 11) is 1.31. The molecule has 1 N–H and O–H groups in total. The van der Waals surface area contributed by atoms with Gasteiger partial charge in [-0.25, -0.2) is 0 Å². The van der Waals surface area contributed by atoms with Crippen molar-refractivity contribution in [1.82, 2.24) is 0 Å².